The van der Waals surface area contributed by atoms with E-state index in [2.05, 4.69) is 169 Å². The Labute approximate surface area is 263 Å². The van der Waals surface area contributed by atoms with Crippen LogP contribution in [0.5, 0.6) is 0 Å². The molecule has 1 nitrogen and oxygen atoms in total. The zero-order valence-electron chi connectivity index (χ0n) is 24.7. The third-order valence-electron chi connectivity index (χ3n) is 10.3. The number of rotatable bonds is 3. The van der Waals surface area contributed by atoms with Crippen molar-refractivity contribution >= 4 is 17.1 Å². The van der Waals surface area contributed by atoms with Crippen molar-refractivity contribution in [2.24, 2.45) is 0 Å². The fourth-order valence-electron chi connectivity index (χ4n) is 8.50. The summed E-state index contributed by atoms with van der Waals surface area (Å²) in [6.07, 6.45) is 0.996. The number of para-hydroxylation sites is 1. The lowest BCUT2D eigenvalue weighted by Crippen LogP contribution is -2.26. The Morgan fingerprint density at radius 1 is 0.333 bits per heavy atom. The van der Waals surface area contributed by atoms with Crippen LogP contribution in [0.15, 0.2) is 164 Å². The van der Waals surface area contributed by atoms with E-state index in [1.165, 1.54) is 78.1 Å². The predicted molar refractivity (Wildman–Crippen MR) is 186 cm³/mol. The van der Waals surface area contributed by atoms with Gasteiger partial charge in [-0.15, -0.1) is 0 Å². The molecule has 45 heavy (non-hydrogen) atoms. The van der Waals surface area contributed by atoms with Crippen LogP contribution >= 0.6 is 0 Å². The molecule has 0 N–H and O–H groups in total. The Balaban J connectivity index is 1.24. The van der Waals surface area contributed by atoms with Gasteiger partial charge in [0.15, 0.2) is 0 Å². The van der Waals surface area contributed by atoms with E-state index in [1.54, 1.807) is 0 Å². The minimum absolute atomic E-state index is 0.367. The highest BCUT2D eigenvalue weighted by atomic mass is 15.1. The van der Waals surface area contributed by atoms with E-state index >= 15 is 0 Å². The minimum atomic E-state index is -0.367. The van der Waals surface area contributed by atoms with Crippen LogP contribution in [0.4, 0.5) is 17.1 Å². The fourth-order valence-corrected chi connectivity index (χ4v) is 8.50. The van der Waals surface area contributed by atoms with Gasteiger partial charge in [0.25, 0.3) is 0 Å². The predicted octanol–water partition coefficient (Wildman–Crippen LogP) is 11.1. The Kier molecular flexibility index (Phi) is 5.04. The Morgan fingerprint density at radius 2 is 0.822 bits per heavy atom. The normalized spacial score (nSPS) is 13.9. The Hall–Kier alpha value is -5.66. The van der Waals surface area contributed by atoms with Gasteiger partial charge in [-0.2, -0.15) is 0 Å². The zero-order chi connectivity index (χ0) is 29.5. The van der Waals surface area contributed by atoms with Crippen molar-refractivity contribution < 1.29 is 0 Å². The summed E-state index contributed by atoms with van der Waals surface area (Å²) in [7, 11) is 0. The van der Waals surface area contributed by atoms with E-state index in [0.29, 0.717) is 0 Å². The highest BCUT2D eigenvalue weighted by molar-refractivity contribution is 5.96. The molecule has 7 aromatic rings. The Morgan fingerprint density at radius 3 is 1.49 bits per heavy atom. The van der Waals surface area contributed by atoms with Crippen molar-refractivity contribution in [2.75, 3.05) is 4.90 Å². The van der Waals surface area contributed by atoms with Crippen LogP contribution in [0, 0.1) is 0 Å². The number of anilines is 3. The molecule has 0 atom stereocenters. The van der Waals surface area contributed by atoms with Crippen LogP contribution in [-0.2, 0) is 11.8 Å². The molecule has 10 rings (SSSR count). The molecule has 0 saturated heterocycles. The lowest BCUT2D eigenvalue weighted by molar-refractivity contribution is 0.793. The van der Waals surface area contributed by atoms with E-state index < -0.39 is 0 Å². The number of fused-ring (bicyclic) bond motifs is 13. The molecule has 3 aliphatic carbocycles. The molecule has 0 aliphatic heterocycles. The van der Waals surface area contributed by atoms with Crippen molar-refractivity contribution in [3.05, 3.63) is 197 Å². The number of benzene rings is 7. The summed E-state index contributed by atoms with van der Waals surface area (Å²) in [5, 5.41) is 0. The molecular formula is C44H29N. The SMILES string of the molecule is c1ccc(N(c2ccc3c(c2)-c2ccccc2C3)c2ccc3c(c2)C2(c4ccccc4-c4ccccc42)c2ccccc2-3)cc1. The largest absolute Gasteiger partial charge is 0.310 e. The van der Waals surface area contributed by atoms with E-state index in [4.69, 9.17) is 0 Å². The molecule has 3 aliphatic rings. The van der Waals surface area contributed by atoms with Gasteiger partial charge in [-0.05, 0) is 110 Å². The van der Waals surface area contributed by atoms with Crippen LogP contribution in [0.2, 0.25) is 0 Å². The van der Waals surface area contributed by atoms with Crippen LogP contribution in [0.1, 0.15) is 33.4 Å². The topological polar surface area (TPSA) is 3.24 Å². The molecule has 1 spiro atoms. The fraction of sp³-hybridized carbons (Fsp3) is 0.0455. The summed E-state index contributed by atoms with van der Waals surface area (Å²) < 4.78 is 0. The van der Waals surface area contributed by atoms with Crippen LogP contribution in [0.25, 0.3) is 33.4 Å². The van der Waals surface area contributed by atoms with Crippen molar-refractivity contribution in [1.29, 1.82) is 0 Å². The molecule has 0 aromatic heterocycles. The first kappa shape index (κ1) is 24.7. The van der Waals surface area contributed by atoms with Crippen molar-refractivity contribution in [3.8, 4) is 33.4 Å². The van der Waals surface area contributed by atoms with Crippen molar-refractivity contribution in [1.82, 2.24) is 0 Å². The van der Waals surface area contributed by atoms with Crippen LogP contribution < -0.4 is 4.90 Å². The third kappa shape index (κ3) is 3.27. The molecule has 7 aromatic carbocycles. The smallest absolute Gasteiger partial charge is 0.0726 e. The first-order chi connectivity index (χ1) is 22.3. The molecule has 0 heterocycles. The summed E-state index contributed by atoms with van der Waals surface area (Å²) in [6.45, 7) is 0. The number of hydrogen-bond acceptors (Lipinski definition) is 1. The van der Waals surface area contributed by atoms with E-state index in [9.17, 15) is 0 Å². The number of hydrogen-bond donors (Lipinski definition) is 0. The summed E-state index contributed by atoms with van der Waals surface area (Å²) in [5.41, 5.74) is 19.4. The first-order valence-corrected chi connectivity index (χ1v) is 15.8. The summed E-state index contributed by atoms with van der Waals surface area (Å²) in [6, 6.07) is 60.9. The number of nitrogens with zero attached hydrogens (tertiary/aromatic N) is 1. The first-order valence-electron chi connectivity index (χ1n) is 15.8. The highest BCUT2D eigenvalue weighted by Crippen LogP contribution is 2.63. The molecule has 0 fully saturated rings. The third-order valence-corrected chi connectivity index (χ3v) is 10.3. The van der Waals surface area contributed by atoms with Gasteiger partial charge in [-0.25, -0.2) is 0 Å². The van der Waals surface area contributed by atoms with Crippen molar-refractivity contribution in [2.45, 2.75) is 11.8 Å². The van der Waals surface area contributed by atoms with Crippen LogP contribution in [-0.4, -0.2) is 0 Å². The van der Waals surface area contributed by atoms with E-state index in [-0.39, 0.29) is 5.41 Å². The molecule has 0 unspecified atom stereocenters. The van der Waals surface area contributed by atoms with Gasteiger partial charge in [0.05, 0.1) is 5.41 Å². The average Bonchev–Trinajstić information content (AvgIpc) is 3.73. The van der Waals surface area contributed by atoms with Gasteiger partial charge in [-0.1, -0.05) is 127 Å². The summed E-state index contributed by atoms with van der Waals surface area (Å²) in [4.78, 5) is 2.44. The zero-order valence-corrected chi connectivity index (χ0v) is 24.7. The Bertz CT molecular complexity index is 2250. The quantitative estimate of drug-likeness (QED) is 0.204. The maximum atomic E-state index is 2.47. The van der Waals surface area contributed by atoms with Crippen LogP contribution in [0.3, 0.4) is 0 Å². The molecule has 0 bridgehead atoms. The van der Waals surface area contributed by atoms with Gasteiger partial charge in [0, 0.05) is 17.1 Å². The maximum absolute atomic E-state index is 2.47. The van der Waals surface area contributed by atoms with Gasteiger partial charge < -0.3 is 4.90 Å². The molecular weight excluding hydrogens is 542 g/mol. The van der Waals surface area contributed by atoms with Gasteiger partial charge >= 0.3 is 0 Å². The standard InChI is InChI=1S/C44H29N/c1-2-13-31(14-3-1)45(32-23-22-30-26-29-12-4-5-15-34(29)39(30)27-32)33-24-25-38-37-18-8-11-21-42(37)44(43(38)28-33)40-19-9-6-16-35(40)36-17-7-10-20-41(36)44/h1-25,27-28H,26H2. The molecule has 0 radical (unpaired) electrons. The minimum Gasteiger partial charge on any atom is -0.310 e. The van der Waals surface area contributed by atoms with E-state index in [1.807, 2.05) is 0 Å². The monoisotopic (exact) mass is 571 g/mol. The average molecular weight is 572 g/mol. The summed E-state index contributed by atoms with van der Waals surface area (Å²) in [5.74, 6) is 0. The molecule has 1 heteroatoms. The van der Waals surface area contributed by atoms with Gasteiger partial charge in [-0.3, -0.25) is 0 Å². The molecule has 0 saturated carbocycles. The van der Waals surface area contributed by atoms with Crippen molar-refractivity contribution in [3.63, 3.8) is 0 Å². The second kappa shape index (κ2) is 9.17. The summed E-state index contributed by atoms with van der Waals surface area (Å²) >= 11 is 0. The van der Waals surface area contributed by atoms with Gasteiger partial charge in [0.1, 0.15) is 0 Å². The second-order valence-electron chi connectivity index (χ2n) is 12.5. The maximum Gasteiger partial charge on any atom is 0.0726 e. The van der Waals surface area contributed by atoms with Gasteiger partial charge in [0.2, 0.25) is 0 Å². The lowest BCUT2D eigenvalue weighted by atomic mass is 9.70. The highest BCUT2D eigenvalue weighted by Gasteiger charge is 2.51. The molecule has 210 valence electrons. The lowest BCUT2D eigenvalue weighted by Gasteiger charge is -2.32. The molecule has 0 amide bonds. The van der Waals surface area contributed by atoms with E-state index in [0.717, 1.165) is 12.1 Å². The second-order valence-corrected chi connectivity index (χ2v) is 12.5.